The van der Waals surface area contributed by atoms with Crippen LogP contribution in [0, 0.1) is 0 Å². The largest absolute Gasteiger partial charge is 0.493 e. The minimum atomic E-state index is 0.280. The first-order valence-electron chi connectivity index (χ1n) is 8.12. The van der Waals surface area contributed by atoms with Gasteiger partial charge in [-0.15, -0.1) is 11.3 Å². The summed E-state index contributed by atoms with van der Waals surface area (Å²) in [5.74, 6) is 1.62. The number of piperazine rings is 1. The molecule has 0 radical (unpaired) electrons. The molecule has 23 heavy (non-hydrogen) atoms. The average molecular weight is 332 g/mol. The predicted octanol–water partition coefficient (Wildman–Crippen LogP) is 3.15. The number of nitrogens with zero attached hydrogens (tertiary/aromatic N) is 1. The molecule has 0 spiro atoms. The molecule has 4 nitrogen and oxygen atoms in total. The fourth-order valence-electron chi connectivity index (χ4n) is 3.07. The number of hydrogen-bond donors (Lipinski definition) is 1. The first-order chi connectivity index (χ1) is 11.3. The molecule has 0 saturated carbocycles. The van der Waals surface area contributed by atoms with Gasteiger partial charge in [0.2, 0.25) is 0 Å². The average Bonchev–Trinajstić information content (AvgIpc) is 3.11. The molecule has 5 heteroatoms. The van der Waals surface area contributed by atoms with E-state index < -0.39 is 0 Å². The van der Waals surface area contributed by atoms with Crippen LogP contribution >= 0.6 is 11.3 Å². The number of benzene rings is 1. The molecule has 3 rings (SSSR count). The van der Waals surface area contributed by atoms with Crippen molar-refractivity contribution in [2.24, 2.45) is 0 Å². The molecule has 2 aromatic rings. The molecule has 1 aromatic carbocycles. The van der Waals surface area contributed by atoms with Gasteiger partial charge in [0, 0.05) is 31.1 Å². The monoisotopic (exact) mass is 332 g/mol. The molecule has 124 valence electrons. The van der Waals surface area contributed by atoms with Crippen molar-refractivity contribution in [1.82, 2.24) is 10.2 Å². The Morgan fingerprint density at radius 3 is 2.70 bits per heavy atom. The van der Waals surface area contributed by atoms with Gasteiger partial charge in [0.25, 0.3) is 0 Å². The van der Waals surface area contributed by atoms with Crippen molar-refractivity contribution in [3.63, 3.8) is 0 Å². The smallest absolute Gasteiger partial charge is 0.161 e. The lowest BCUT2D eigenvalue weighted by molar-refractivity contribution is 0.200. The lowest BCUT2D eigenvalue weighted by atomic mass is 10.0. The topological polar surface area (TPSA) is 33.7 Å². The Hall–Kier alpha value is -1.56. The van der Waals surface area contributed by atoms with E-state index >= 15 is 0 Å². The summed E-state index contributed by atoms with van der Waals surface area (Å²) in [4.78, 5) is 3.92. The Labute approximate surface area is 142 Å². The van der Waals surface area contributed by atoms with Crippen molar-refractivity contribution in [2.45, 2.75) is 13.0 Å². The molecule has 1 aliphatic rings. The molecule has 1 aromatic heterocycles. The summed E-state index contributed by atoms with van der Waals surface area (Å²) in [6.45, 7) is 6.82. The lowest BCUT2D eigenvalue weighted by Crippen LogP contribution is -2.45. The zero-order chi connectivity index (χ0) is 16.1. The van der Waals surface area contributed by atoms with Crippen LogP contribution in [0.5, 0.6) is 11.5 Å². The van der Waals surface area contributed by atoms with Gasteiger partial charge >= 0.3 is 0 Å². The molecule has 0 aliphatic carbocycles. The van der Waals surface area contributed by atoms with Crippen LogP contribution in [0.2, 0.25) is 0 Å². The molecular formula is C18H24N2O2S. The first-order valence-corrected chi connectivity index (χ1v) is 9.00. The minimum absolute atomic E-state index is 0.280. The Morgan fingerprint density at radius 1 is 1.22 bits per heavy atom. The van der Waals surface area contributed by atoms with Crippen molar-refractivity contribution in [1.29, 1.82) is 0 Å². The third-order valence-corrected chi connectivity index (χ3v) is 5.06. The number of thiophene rings is 1. The maximum absolute atomic E-state index is 5.77. The van der Waals surface area contributed by atoms with E-state index in [-0.39, 0.29) is 6.04 Å². The second-order valence-corrected chi connectivity index (χ2v) is 6.53. The zero-order valence-corrected chi connectivity index (χ0v) is 14.6. The van der Waals surface area contributed by atoms with Gasteiger partial charge < -0.3 is 14.8 Å². The van der Waals surface area contributed by atoms with Crippen LogP contribution in [0.15, 0.2) is 35.7 Å². The molecule has 1 fully saturated rings. The van der Waals surface area contributed by atoms with Gasteiger partial charge in [-0.05, 0) is 36.1 Å². The van der Waals surface area contributed by atoms with Crippen LogP contribution in [-0.2, 0) is 0 Å². The van der Waals surface area contributed by atoms with E-state index in [2.05, 4.69) is 39.9 Å². The second kappa shape index (κ2) is 7.81. The molecular weight excluding hydrogens is 308 g/mol. The molecule has 0 amide bonds. The van der Waals surface area contributed by atoms with Crippen LogP contribution in [0.25, 0.3) is 0 Å². The summed E-state index contributed by atoms with van der Waals surface area (Å²) >= 11 is 1.81. The second-order valence-electron chi connectivity index (χ2n) is 5.55. The molecule has 1 saturated heterocycles. The van der Waals surface area contributed by atoms with Gasteiger partial charge in [-0.1, -0.05) is 12.1 Å². The van der Waals surface area contributed by atoms with Crippen molar-refractivity contribution < 1.29 is 9.47 Å². The Kier molecular flexibility index (Phi) is 5.54. The SMILES string of the molecule is CCOc1cc([C@@H](c2cccs2)N2CCNCC2)ccc1OC. The highest BCUT2D eigenvalue weighted by molar-refractivity contribution is 7.10. The molecule has 1 atom stereocenters. The highest BCUT2D eigenvalue weighted by Gasteiger charge is 2.25. The van der Waals surface area contributed by atoms with Crippen molar-refractivity contribution in [3.8, 4) is 11.5 Å². The van der Waals surface area contributed by atoms with Gasteiger partial charge in [-0.2, -0.15) is 0 Å². The van der Waals surface area contributed by atoms with Crippen LogP contribution in [0.4, 0.5) is 0 Å². The van der Waals surface area contributed by atoms with Crippen molar-refractivity contribution >= 4 is 11.3 Å². The highest BCUT2D eigenvalue weighted by atomic mass is 32.1. The Balaban J connectivity index is 1.97. The summed E-state index contributed by atoms with van der Waals surface area (Å²) < 4.78 is 11.2. The third-order valence-electron chi connectivity index (χ3n) is 4.13. The molecule has 0 bridgehead atoms. The number of methoxy groups -OCH3 is 1. The van der Waals surface area contributed by atoms with E-state index in [0.717, 1.165) is 37.7 Å². The van der Waals surface area contributed by atoms with Crippen LogP contribution < -0.4 is 14.8 Å². The van der Waals surface area contributed by atoms with E-state index in [4.69, 9.17) is 9.47 Å². The Bertz CT molecular complexity index is 609. The fourth-order valence-corrected chi connectivity index (χ4v) is 3.96. The van der Waals surface area contributed by atoms with Gasteiger partial charge in [0.15, 0.2) is 11.5 Å². The maximum Gasteiger partial charge on any atom is 0.161 e. The number of ether oxygens (including phenoxy) is 2. The van der Waals surface area contributed by atoms with Crippen LogP contribution in [0.3, 0.4) is 0 Å². The van der Waals surface area contributed by atoms with Crippen molar-refractivity contribution in [3.05, 3.63) is 46.2 Å². The quantitative estimate of drug-likeness (QED) is 0.881. The van der Waals surface area contributed by atoms with E-state index in [1.54, 1.807) is 7.11 Å². The van der Waals surface area contributed by atoms with Gasteiger partial charge in [0.1, 0.15) is 0 Å². The standard InChI is InChI=1S/C18H24N2O2S/c1-3-22-16-13-14(6-7-15(16)21-2)18(17-5-4-12-23-17)20-10-8-19-9-11-20/h4-7,12-13,18-19H,3,8-11H2,1-2H3/t18-/m0/s1. The third kappa shape index (κ3) is 3.68. The number of rotatable bonds is 6. The molecule has 1 N–H and O–H groups in total. The van der Waals surface area contributed by atoms with E-state index in [9.17, 15) is 0 Å². The van der Waals surface area contributed by atoms with E-state index in [0.29, 0.717) is 6.61 Å². The fraction of sp³-hybridized carbons (Fsp3) is 0.444. The molecule has 0 unspecified atom stereocenters. The summed E-state index contributed by atoms with van der Waals surface area (Å²) in [5.41, 5.74) is 1.26. The van der Waals surface area contributed by atoms with Gasteiger partial charge in [-0.3, -0.25) is 4.90 Å². The molecule has 2 heterocycles. The van der Waals surface area contributed by atoms with E-state index in [1.807, 2.05) is 24.3 Å². The van der Waals surface area contributed by atoms with E-state index in [1.165, 1.54) is 10.4 Å². The number of hydrogen-bond acceptors (Lipinski definition) is 5. The summed E-state index contributed by atoms with van der Waals surface area (Å²) in [6.07, 6.45) is 0. The maximum atomic E-state index is 5.77. The summed E-state index contributed by atoms with van der Waals surface area (Å²) in [6, 6.07) is 10.9. The van der Waals surface area contributed by atoms with Crippen LogP contribution in [-0.4, -0.2) is 44.8 Å². The minimum Gasteiger partial charge on any atom is -0.493 e. The highest BCUT2D eigenvalue weighted by Crippen LogP contribution is 2.37. The van der Waals surface area contributed by atoms with Gasteiger partial charge in [-0.25, -0.2) is 0 Å². The summed E-state index contributed by atoms with van der Waals surface area (Å²) in [7, 11) is 1.69. The zero-order valence-electron chi connectivity index (χ0n) is 13.7. The lowest BCUT2D eigenvalue weighted by Gasteiger charge is -2.35. The summed E-state index contributed by atoms with van der Waals surface area (Å²) in [5, 5.41) is 5.58. The van der Waals surface area contributed by atoms with Crippen molar-refractivity contribution in [2.75, 3.05) is 39.9 Å². The Morgan fingerprint density at radius 2 is 2.04 bits per heavy atom. The number of nitrogens with one attached hydrogen (secondary N) is 1. The van der Waals surface area contributed by atoms with Gasteiger partial charge in [0.05, 0.1) is 19.8 Å². The first kappa shape index (κ1) is 16.3. The predicted molar refractivity (Wildman–Crippen MR) is 94.8 cm³/mol. The normalized spacial score (nSPS) is 17.0. The van der Waals surface area contributed by atoms with Crippen LogP contribution in [0.1, 0.15) is 23.4 Å². The molecule has 1 aliphatic heterocycles.